The van der Waals surface area contributed by atoms with Crippen molar-refractivity contribution in [3.05, 3.63) is 53.9 Å². The molecular formula is C17H16N4O. The van der Waals surface area contributed by atoms with Crippen molar-refractivity contribution in [1.82, 2.24) is 9.88 Å². The van der Waals surface area contributed by atoms with Gasteiger partial charge in [0.1, 0.15) is 5.69 Å². The molecule has 1 fully saturated rings. The molecule has 1 saturated heterocycles. The van der Waals surface area contributed by atoms with Gasteiger partial charge >= 0.3 is 0 Å². The minimum Gasteiger partial charge on any atom is -0.355 e. The maximum atomic E-state index is 12.3. The van der Waals surface area contributed by atoms with Crippen LogP contribution in [0.15, 0.2) is 42.6 Å². The summed E-state index contributed by atoms with van der Waals surface area (Å²) in [5, 5.41) is 12.1. The molecule has 2 heterocycles. The number of likely N-dealkylation sites (tertiary alicyclic amines) is 1. The van der Waals surface area contributed by atoms with Gasteiger partial charge in [0, 0.05) is 30.7 Å². The zero-order chi connectivity index (χ0) is 15.4. The van der Waals surface area contributed by atoms with E-state index in [-0.39, 0.29) is 5.91 Å². The lowest BCUT2D eigenvalue weighted by Crippen LogP contribution is -2.28. The molecular weight excluding hydrogens is 276 g/mol. The summed E-state index contributed by atoms with van der Waals surface area (Å²) in [5.74, 6) is -0.0214. The van der Waals surface area contributed by atoms with Crippen LogP contribution >= 0.6 is 0 Å². The molecule has 1 aromatic carbocycles. The molecule has 3 rings (SSSR count). The first-order chi connectivity index (χ1) is 10.8. The molecule has 0 bridgehead atoms. The van der Waals surface area contributed by atoms with Gasteiger partial charge in [-0.2, -0.15) is 5.26 Å². The Morgan fingerprint density at radius 3 is 2.73 bits per heavy atom. The third kappa shape index (κ3) is 3.07. The Bertz CT molecular complexity index is 729. The van der Waals surface area contributed by atoms with E-state index in [1.54, 1.807) is 30.5 Å². The van der Waals surface area contributed by atoms with Gasteiger partial charge in [0.25, 0.3) is 5.91 Å². The summed E-state index contributed by atoms with van der Waals surface area (Å²) in [6, 6.07) is 12.9. The van der Waals surface area contributed by atoms with Gasteiger partial charge in [-0.3, -0.25) is 9.78 Å². The van der Waals surface area contributed by atoms with Crippen LogP contribution in [0.1, 0.15) is 28.9 Å². The number of nitriles is 1. The largest absolute Gasteiger partial charge is 0.355 e. The zero-order valence-electron chi connectivity index (χ0n) is 12.1. The number of benzene rings is 1. The molecule has 1 N–H and O–H groups in total. The Kier molecular flexibility index (Phi) is 4.01. The Labute approximate surface area is 129 Å². The van der Waals surface area contributed by atoms with Gasteiger partial charge < -0.3 is 10.2 Å². The van der Waals surface area contributed by atoms with Gasteiger partial charge in [0.05, 0.1) is 11.6 Å². The number of aromatic nitrogens is 1. The Balaban J connectivity index is 1.78. The Hall–Kier alpha value is -2.87. The van der Waals surface area contributed by atoms with E-state index in [1.165, 1.54) is 0 Å². The summed E-state index contributed by atoms with van der Waals surface area (Å²) in [6.45, 7) is 1.62. The number of carbonyl (C=O) groups is 1. The number of pyridine rings is 1. The Morgan fingerprint density at radius 1 is 1.18 bits per heavy atom. The molecule has 22 heavy (non-hydrogen) atoms. The second-order valence-electron chi connectivity index (χ2n) is 5.25. The van der Waals surface area contributed by atoms with Crippen molar-refractivity contribution < 1.29 is 4.79 Å². The number of carbonyl (C=O) groups excluding carboxylic acids is 1. The van der Waals surface area contributed by atoms with E-state index < -0.39 is 0 Å². The topological polar surface area (TPSA) is 69.0 Å². The predicted molar refractivity (Wildman–Crippen MR) is 83.8 cm³/mol. The number of amides is 1. The first kappa shape index (κ1) is 14.1. The van der Waals surface area contributed by atoms with Crippen molar-refractivity contribution >= 4 is 17.3 Å². The van der Waals surface area contributed by atoms with Crippen molar-refractivity contribution in [2.24, 2.45) is 0 Å². The van der Waals surface area contributed by atoms with E-state index in [2.05, 4.69) is 16.4 Å². The molecule has 5 nitrogen and oxygen atoms in total. The standard InChI is InChI=1S/C17H16N4O/c18-12-13-4-3-5-14(10-13)20-15-6-7-19-16(11-15)17(22)21-8-1-2-9-21/h3-7,10-11H,1-2,8-9H2,(H,19,20). The second-order valence-corrected chi connectivity index (χ2v) is 5.25. The monoisotopic (exact) mass is 292 g/mol. The van der Waals surface area contributed by atoms with Crippen LogP contribution in [0.5, 0.6) is 0 Å². The minimum atomic E-state index is -0.0214. The van der Waals surface area contributed by atoms with E-state index in [0.29, 0.717) is 11.3 Å². The third-order valence-corrected chi connectivity index (χ3v) is 3.65. The maximum Gasteiger partial charge on any atom is 0.272 e. The van der Waals surface area contributed by atoms with E-state index in [1.807, 2.05) is 17.0 Å². The van der Waals surface area contributed by atoms with Crippen molar-refractivity contribution in [3.8, 4) is 6.07 Å². The lowest BCUT2D eigenvalue weighted by Gasteiger charge is -2.15. The molecule has 1 amide bonds. The van der Waals surface area contributed by atoms with Crippen molar-refractivity contribution in [1.29, 1.82) is 5.26 Å². The van der Waals surface area contributed by atoms with Gasteiger partial charge in [-0.15, -0.1) is 0 Å². The number of anilines is 2. The predicted octanol–water partition coefficient (Wildman–Crippen LogP) is 2.93. The second kappa shape index (κ2) is 6.27. The zero-order valence-corrected chi connectivity index (χ0v) is 12.1. The summed E-state index contributed by atoms with van der Waals surface area (Å²) in [5.41, 5.74) is 2.63. The van der Waals surface area contributed by atoms with Gasteiger partial charge in [0.15, 0.2) is 0 Å². The smallest absolute Gasteiger partial charge is 0.272 e. The molecule has 1 aliphatic rings. The van der Waals surface area contributed by atoms with Crippen LogP contribution in [0.4, 0.5) is 11.4 Å². The number of nitrogens with zero attached hydrogens (tertiary/aromatic N) is 3. The highest BCUT2D eigenvalue weighted by atomic mass is 16.2. The van der Waals surface area contributed by atoms with E-state index in [4.69, 9.17) is 5.26 Å². The highest BCUT2D eigenvalue weighted by Gasteiger charge is 2.20. The molecule has 0 aliphatic carbocycles. The average Bonchev–Trinajstić information content (AvgIpc) is 3.09. The van der Waals surface area contributed by atoms with Crippen LogP contribution in [0.3, 0.4) is 0 Å². The molecule has 0 radical (unpaired) electrons. The first-order valence-electron chi connectivity index (χ1n) is 7.29. The minimum absolute atomic E-state index is 0.0214. The molecule has 1 aliphatic heterocycles. The fourth-order valence-electron chi connectivity index (χ4n) is 2.54. The summed E-state index contributed by atoms with van der Waals surface area (Å²) >= 11 is 0. The van der Waals surface area contributed by atoms with Gasteiger partial charge in [-0.05, 0) is 43.2 Å². The van der Waals surface area contributed by atoms with Crippen LogP contribution in [0.2, 0.25) is 0 Å². The van der Waals surface area contributed by atoms with Gasteiger partial charge in [-0.1, -0.05) is 6.07 Å². The molecule has 5 heteroatoms. The first-order valence-corrected chi connectivity index (χ1v) is 7.29. The fourth-order valence-corrected chi connectivity index (χ4v) is 2.54. The van der Waals surface area contributed by atoms with Crippen molar-refractivity contribution in [2.75, 3.05) is 18.4 Å². The summed E-state index contributed by atoms with van der Waals surface area (Å²) in [6.07, 6.45) is 3.75. The molecule has 1 aromatic heterocycles. The SMILES string of the molecule is N#Cc1cccc(Nc2ccnc(C(=O)N3CCCC3)c2)c1. The highest BCUT2D eigenvalue weighted by Crippen LogP contribution is 2.19. The normalized spacial score (nSPS) is 13.7. The molecule has 0 unspecified atom stereocenters. The maximum absolute atomic E-state index is 12.3. The third-order valence-electron chi connectivity index (χ3n) is 3.65. The summed E-state index contributed by atoms with van der Waals surface area (Å²) < 4.78 is 0. The lowest BCUT2D eigenvalue weighted by molar-refractivity contribution is 0.0787. The van der Waals surface area contributed by atoms with Crippen molar-refractivity contribution in [2.45, 2.75) is 12.8 Å². The van der Waals surface area contributed by atoms with E-state index in [9.17, 15) is 4.79 Å². The van der Waals surface area contributed by atoms with Crippen LogP contribution in [0, 0.1) is 11.3 Å². The van der Waals surface area contributed by atoms with Crippen LogP contribution in [-0.2, 0) is 0 Å². The molecule has 2 aromatic rings. The van der Waals surface area contributed by atoms with E-state index in [0.717, 1.165) is 37.3 Å². The van der Waals surface area contributed by atoms with Gasteiger partial charge in [-0.25, -0.2) is 0 Å². The van der Waals surface area contributed by atoms with Crippen LogP contribution < -0.4 is 5.32 Å². The summed E-state index contributed by atoms with van der Waals surface area (Å²) in [4.78, 5) is 18.4. The summed E-state index contributed by atoms with van der Waals surface area (Å²) in [7, 11) is 0. The van der Waals surface area contributed by atoms with E-state index >= 15 is 0 Å². The Morgan fingerprint density at radius 2 is 1.95 bits per heavy atom. The average molecular weight is 292 g/mol. The quantitative estimate of drug-likeness (QED) is 0.944. The lowest BCUT2D eigenvalue weighted by atomic mass is 10.2. The number of hydrogen-bond acceptors (Lipinski definition) is 4. The van der Waals surface area contributed by atoms with Crippen LogP contribution in [-0.4, -0.2) is 28.9 Å². The molecule has 0 saturated carbocycles. The molecule has 0 atom stereocenters. The van der Waals surface area contributed by atoms with Gasteiger partial charge in [0.2, 0.25) is 0 Å². The number of nitrogens with one attached hydrogen (secondary N) is 1. The molecule has 0 spiro atoms. The molecule has 110 valence electrons. The highest BCUT2D eigenvalue weighted by molar-refractivity contribution is 5.93. The number of hydrogen-bond donors (Lipinski definition) is 1. The number of rotatable bonds is 3. The van der Waals surface area contributed by atoms with Crippen LogP contribution in [0.25, 0.3) is 0 Å². The van der Waals surface area contributed by atoms with Crippen molar-refractivity contribution in [3.63, 3.8) is 0 Å². The fraction of sp³-hybridized carbons (Fsp3) is 0.235.